The molecule has 154 valence electrons. The molecule has 0 amide bonds. The lowest BCUT2D eigenvalue weighted by molar-refractivity contribution is 0.213. The van der Waals surface area contributed by atoms with Gasteiger partial charge in [0.2, 0.25) is 17.5 Å². The average molecular weight is 422 g/mol. The first-order valence-corrected chi connectivity index (χ1v) is 10.7. The van der Waals surface area contributed by atoms with Crippen molar-refractivity contribution in [2.45, 2.75) is 31.7 Å². The number of oxazole rings is 1. The van der Waals surface area contributed by atoms with Crippen molar-refractivity contribution in [2.75, 3.05) is 25.0 Å². The second-order valence-corrected chi connectivity index (χ2v) is 7.83. The lowest BCUT2D eigenvalue weighted by Crippen LogP contribution is -2.34. The van der Waals surface area contributed by atoms with Crippen LogP contribution in [0.2, 0.25) is 5.02 Å². The van der Waals surface area contributed by atoms with Gasteiger partial charge < -0.3 is 9.73 Å². The van der Waals surface area contributed by atoms with E-state index in [1.54, 1.807) is 12.4 Å². The summed E-state index contributed by atoms with van der Waals surface area (Å²) in [5.74, 6) is 0.759. The van der Waals surface area contributed by atoms with Gasteiger partial charge in [0.05, 0.1) is 11.6 Å². The van der Waals surface area contributed by atoms with Gasteiger partial charge in [-0.1, -0.05) is 42.6 Å². The molecule has 0 spiro atoms. The maximum atomic E-state index is 9.53. The van der Waals surface area contributed by atoms with Crippen LogP contribution in [0.4, 0.5) is 5.88 Å². The number of rotatable bonds is 6. The normalized spacial score (nSPS) is 15.9. The number of nitrogens with zero attached hydrogens (tertiary/aromatic N) is 4. The molecule has 2 aromatic heterocycles. The molecule has 6 nitrogen and oxygen atoms in total. The highest BCUT2D eigenvalue weighted by Crippen LogP contribution is 2.31. The Balaban J connectivity index is 1.59. The number of hydrogen-bond donors (Lipinski definition) is 1. The Morgan fingerprint density at radius 1 is 1.13 bits per heavy atom. The Labute approximate surface area is 181 Å². The van der Waals surface area contributed by atoms with E-state index in [2.05, 4.69) is 32.3 Å². The molecular weight excluding hydrogens is 398 g/mol. The maximum Gasteiger partial charge on any atom is 0.232 e. The first kappa shape index (κ1) is 20.4. The van der Waals surface area contributed by atoms with Crippen molar-refractivity contribution in [3.63, 3.8) is 0 Å². The molecule has 1 aliphatic rings. The molecule has 3 heterocycles. The fourth-order valence-corrected chi connectivity index (χ4v) is 4.17. The predicted octanol–water partition coefficient (Wildman–Crippen LogP) is 5.29. The van der Waals surface area contributed by atoms with Gasteiger partial charge in [0, 0.05) is 24.0 Å². The van der Waals surface area contributed by atoms with E-state index >= 15 is 0 Å². The predicted molar refractivity (Wildman–Crippen MR) is 117 cm³/mol. The van der Waals surface area contributed by atoms with Crippen molar-refractivity contribution >= 4 is 17.5 Å². The Morgan fingerprint density at radius 3 is 2.63 bits per heavy atom. The molecule has 1 N–H and O–H groups in total. The number of likely N-dealkylation sites (tertiary alicyclic amines) is 1. The lowest BCUT2D eigenvalue weighted by Gasteiger charge is -2.31. The van der Waals surface area contributed by atoms with E-state index in [4.69, 9.17) is 16.0 Å². The van der Waals surface area contributed by atoms with Crippen LogP contribution >= 0.6 is 11.6 Å². The SMILES string of the molecule is N#Cc1nc(-c2cccnc2)oc1NC[C@H](c1ccccc1Cl)N1CCCCCC1. The minimum Gasteiger partial charge on any atom is -0.419 e. The number of pyridine rings is 1. The van der Waals surface area contributed by atoms with E-state index in [1.807, 2.05) is 30.3 Å². The third kappa shape index (κ3) is 4.64. The zero-order chi connectivity index (χ0) is 20.8. The number of nitrogens with one attached hydrogen (secondary N) is 1. The summed E-state index contributed by atoms with van der Waals surface area (Å²) in [5, 5.41) is 13.6. The standard InChI is InChI=1S/C23H24ClN5O/c24-19-10-4-3-9-18(19)21(29-12-5-1-2-6-13-29)16-27-23-20(14-25)28-22(30-23)17-8-7-11-26-15-17/h3-4,7-11,15,21,27H,1-2,5-6,12-13,16H2/t21-/m1/s1. The Bertz CT molecular complexity index is 1010. The second-order valence-electron chi connectivity index (χ2n) is 7.42. The molecular formula is C23H24ClN5O. The summed E-state index contributed by atoms with van der Waals surface area (Å²) >= 11 is 6.55. The summed E-state index contributed by atoms with van der Waals surface area (Å²) < 4.78 is 5.88. The van der Waals surface area contributed by atoms with Gasteiger partial charge in [-0.15, -0.1) is 0 Å². The summed E-state index contributed by atoms with van der Waals surface area (Å²) in [6.45, 7) is 2.63. The number of halogens is 1. The van der Waals surface area contributed by atoms with Crippen molar-refractivity contribution in [3.8, 4) is 17.5 Å². The van der Waals surface area contributed by atoms with Gasteiger partial charge in [0.15, 0.2) is 0 Å². The van der Waals surface area contributed by atoms with Gasteiger partial charge in [-0.2, -0.15) is 10.2 Å². The van der Waals surface area contributed by atoms with Crippen molar-refractivity contribution in [3.05, 3.63) is 65.1 Å². The number of anilines is 1. The zero-order valence-electron chi connectivity index (χ0n) is 16.7. The monoisotopic (exact) mass is 421 g/mol. The van der Waals surface area contributed by atoms with Crippen molar-refractivity contribution in [1.29, 1.82) is 5.26 Å². The molecule has 0 aliphatic carbocycles. The van der Waals surface area contributed by atoms with Crippen LogP contribution in [-0.4, -0.2) is 34.5 Å². The first-order chi connectivity index (χ1) is 14.8. The third-order valence-corrected chi connectivity index (χ3v) is 5.79. The van der Waals surface area contributed by atoms with Crippen LogP contribution in [0.25, 0.3) is 11.5 Å². The number of hydrogen-bond acceptors (Lipinski definition) is 6. The van der Waals surface area contributed by atoms with Crippen molar-refractivity contribution < 1.29 is 4.42 Å². The molecule has 0 radical (unpaired) electrons. The summed E-state index contributed by atoms with van der Waals surface area (Å²) in [7, 11) is 0. The Kier molecular flexibility index (Phi) is 6.63. The molecule has 0 unspecified atom stereocenters. The molecule has 1 fully saturated rings. The molecule has 0 saturated carbocycles. The topological polar surface area (TPSA) is 78.0 Å². The summed E-state index contributed by atoms with van der Waals surface area (Å²) in [5.41, 5.74) is 2.05. The van der Waals surface area contributed by atoms with E-state index in [0.29, 0.717) is 18.3 Å². The van der Waals surface area contributed by atoms with Crippen LogP contribution in [0, 0.1) is 11.3 Å². The third-order valence-electron chi connectivity index (χ3n) is 5.44. The van der Waals surface area contributed by atoms with E-state index in [1.165, 1.54) is 25.7 Å². The highest BCUT2D eigenvalue weighted by molar-refractivity contribution is 6.31. The lowest BCUT2D eigenvalue weighted by atomic mass is 10.0. The molecule has 1 aromatic carbocycles. The van der Waals surface area contributed by atoms with E-state index in [-0.39, 0.29) is 11.7 Å². The van der Waals surface area contributed by atoms with Crippen molar-refractivity contribution in [2.24, 2.45) is 0 Å². The molecule has 1 atom stereocenters. The Morgan fingerprint density at radius 2 is 1.93 bits per heavy atom. The summed E-state index contributed by atoms with van der Waals surface area (Å²) in [4.78, 5) is 10.9. The van der Waals surface area contributed by atoms with Gasteiger partial charge in [-0.05, 0) is 49.7 Å². The minimum atomic E-state index is 0.0790. The van der Waals surface area contributed by atoms with Gasteiger partial charge in [0.1, 0.15) is 6.07 Å². The molecule has 4 rings (SSSR count). The second kappa shape index (κ2) is 9.75. The quantitative estimate of drug-likeness (QED) is 0.582. The fraction of sp³-hybridized carbons (Fsp3) is 0.348. The first-order valence-electron chi connectivity index (χ1n) is 10.3. The molecule has 1 saturated heterocycles. The Hall–Kier alpha value is -2.88. The number of benzene rings is 1. The molecule has 30 heavy (non-hydrogen) atoms. The van der Waals surface area contributed by atoms with Crippen LogP contribution in [0.3, 0.4) is 0 Å². The van der Waals surface area contributed by atoms with Crippen LogP contribution in [0.1, 0.15) is 43.0 Å². The number of nitriles is 1. The molecule has 7 heteroatoms. The fourth-order valence-electron chi connectivity index (χ4n) is 3.91. The average Bonchev–Trinajstić information content (AvgIpc) is 3.01. The van der Waals surface area contributed by atoms with Gasteiger partial charge in [-0.25, -0.2) is 0 Å². The molecule has 0 bridgehead atoms. The smallest absolute Gasteiger partial charge is 0.232 e. The van der Waals surface area contributed by atoms with Crippen LogP contribution in [-0.2, 0) is 0 Å². The number of aromatic nitrogens is 2. The van der Waals surface area contributed by atoms with Crippen LogP contribution in [0.15, 0.2) is 53.2 Å². The van der Waals surface area contributed by atoms with E-state index in [0.717, 1.165) is 29.2 Å². The molecule has 3 aromatic rings. The van der Waals surface area contributed by atoms with Gasteiger partial charge in [0.25, 0.3) is 0 Å². The summed E-state index contributed by atoms with van der Waals surface area (Å²) in [6, 6.07) is 13.8. The van der Waals surface area contributed by atoms with E-state index in [9.17, 15) is 5.26 Å². The van der Waals surface area contributed by atoms with E-state index < -0.39 is 0 Å². The molecule has 1 aliphatic heterocycles. The van der Waals surface area contributed by atoms with Crippen LogP contribution < -0.4 is 5.32 Å². The summed E-state index contributed by atoms with van der Waals surface area (Å²) in [6.07, 6.45) is 8.23. The maximum absolute atomic E-state index is 9.53. The van der Waals surface area contributed by atoms with Crippen molar-refractivity contribution in [1.82, 2.24) is 14.9 Å². The highest BCUT2D eigenvalue weighted by atomic mass is 35.5. The minimum absolute atomic E-state index is 0.0790. The van der Waals surface area contributed by atoms with Gasteiger partial charge >= 0.3 is 0 Å². The largest absolute Gasteiger partial charge is 0.419 e. The highest BCUT2D eigenvalue weighted by Gasteiger charge is 2.24. The van der Waals surface area contributed by atoms with Gasteiger partial charge in [-0.3, -0.25) is 9.88 Å². The zero-order valence-corrected chi connectivity index (χ0v) is 17.5. The van der Waals surface area contributed by atoms with Crippen LogP contribution in [0.5, 0.6) is 0 Å².